The Bertz CT molecular complexity index is 944. The second-order valence-corrected chi connectivity index (χ2v) is 6.66. The molecule has 2 aromatic carbocycles. The average molecular weight is 416 g/mol. The zero-order valence-corrected chi connectivity index (χ0v) is 17.1. The number of aromatic amines is 1. The van der Waals surface area contributed by atoms with E-state index in [1.165, 1.54) is 0 Å². The van der Waals surface area contributed by atoms with Gasteiger partial charge in [-0.05, 0) is 25.0 Å². The molecule has 1 unspecified atom stereocenters. The molecule has 3 rings (SSSR count). The number of para-hydroxylation sites is 1. The van der Waals surface area contributed by atoms with Crippen molar-refractivity contribution >= 4 is 35.1 Å². The molecule has 4 N–H and O–H groups in total. The van der Waals surface area contributed by atoms with Crippen LogP contribution in [-0.4, -0.2) is 52.6 Å². The molecular weight excluding hydrogens is 390 g/mol. The molecule has 2 amide bonds. The zero-order valence-electron chi connectivity index (χ0n) is 16.3. The van der Waals surface area contributed by atoms with Gasteiger partial charge in [-0.2, -0.15) is 5.10 Å². The summed E-state index contributed by atoms with van der Waals surface area (Å²) in [6, 6.07) is 16.7. The summed E-state index contributed by atoms with van der Waals surface area (Å²) >= 11 is 0. The first-order valence-corrected chi connectivity index (χ1v) is 9.37. The van der Waals surface area contributed by atoms with Gasteiger partial charge in [0.05, 0.1) is 5.52 Å². The molecule has 29 heavy (non-hydrogen) atoms. The molecule has 0 aliphatic rings. The van der Waals surface area contributed by atoms with Crippen LogP contribution in [0.25, 0.3) is 10.9 Å². The predicted molar refractivity (Wildman–Crippen MR) is 116 cm³/mol. The normalized spacial score (nSPS) is 11.5. The van der Waals surface area contributed by atoms with Gasteiger partial charge < -0.3 is 16.0 Å². The van der Waals surface area contributed by atoms with E-state index in [0.717, 1.165) is 22.9 Å². The number of carbonyl (C=O) groups excluding carboxylic acids is 2. The van der Waals surface area contributed by atoms with Gasteiger partial charge in [0.25, 0.3) is 5.91 Å². The minimum absolute atomic E-state index is 0. The van der Waals surface area contributed by atoms with E-state index in [9.17, 15) is 9.59 Å². The Hall–Kier alpha value is -2.90. The molecule has 0 spiro atoms. The molecule has 1 heterocycles. The van der Waals surface area contributed by atoms with E-state index in [0.29, 0.717) is 19.6 Å². The van der Waals surface area contributed by atoms with Crippen LogP contribution in [0.1, 0.15) is 23.0 Å². The summed E-state index contributed by atoms with van der Waals surface area (Å²) in [7, 11) is 0. The van der Waals surface area contributed by atoms with E-state index >= 15 is 0 Å². The van der Waals surface area contributed by atoms with Crippen molar-refractivity contribution in [1.29, 1.82) is 0 Å². The summed E-state index contributed by atoms with van der Waals surface area (Å²) in [5, 5.41) is 10.4. The van der Waals surface area contributed by atoms with Gasteiger partial charge >= 0.3 is 0 Å². The molecule has 0 saturated carbocycles. The van der Waals surface area contributed by atoms with Gasteiger partial charge in [0.1, 0.15) is 6.04 Å². The lowest BCUT2D eigenvalue weighted by atomic mass is 10.1. The highest BCUT2D eigenvalue weighted by Gasteiger charge is 2.23. The smallest absolute Gasteiger partial charge is 0.273 e. The van der Waals surface area contributed by atoms with Crippen molar-refractivity contribution in [2.75, 3.05) is 19.6 Å². The maximum absolute atomic E-state index is 12.9. The fraction of sp³-hybridized carbons (Fsp3) is 0.286. The lowest BCUT2D eigenvalue weighted by Crippen LogP contribution is -2.49. The first-order valence-electron chi connectivity index (χ1n) is 9.37. The van der Waals surface area contributed by atoms with Gasteiger partial charge in [0.15, 0.2) is 5.69 Å². The molecule has 3 aromatic rings. The largest absolute Gasteiger partial charge is 0.339 e. The van der Waals surface area contributed by atoms with Crippen LogP contribution in [0.2, 0.25) is 0 Å². The van der Waals surface area contributed by atoms with E-state index in [1.54, 1.807) is 11.8 Å². The van der Waals surface area contributed by atoms with Gasteiger partial charge in [-0.15, -0.1) is 12.4 Å². The summed E-state index contributed by atoms with van der Waals surface area (Å²) < 4.78 is 0. The minimum Gasteiger partial charge on any atom is -0.339 e. The topological polar surface area (TPSA) is 104 Å². The van der Waals surface area contributed by atoms with Crippen LogP contribution in [0.4, 0.5) is 0 Å². The van der Waals surface area contributed by atoms with Gasteiger partial charge in [0, 0.05) is 25.0 Å². The first kappa shape index (κ1) is 22.4. The highest BCUT2D eigenvalue weighted by Crippen LogP contribution is 2.15. The van der Waals surface area contributed by atoms with Gasteiger partial charge in [0.2, 0.25) is 5.91 Å². The predicted octanol–water partition coefficient (Wildman–Crippen LogP) is 2.13. The number of hydrogen-bond acceptors (Lipinski definition) is 4. The maximum atomic E-state index is 12.9. The third-order valence-electron chi connectivity index (χ3n) is 4.63. The second kappa shape index (κ2) is 10.6. The third kappa shape index (κ3) is 5.56. The molecule has 0 aliphatic carbocycles. The molecule has 0 aliphatic heterocycles. The number of rotatable bonds is 8. The number of hydrogen-bond donors (Lipinski definition) is 3. The average Bonchev–Trinajstić information content (AvgIpc) is 3.15. The SMILES string of the molecule is CC(NC(=O)c1n[nH]c2ccccc12)C(=O)N(CCN)CCc1ccccc1.Cl. The Balaban J connectivity index is 0.00000300. The van der Waals surface area contributed by atoms with Crippen LogP contribution >= 0.6 is 12.4 Å². The molecule has 154 valence electrons. The zero-order chi connectivity index (χ0) is 19.9. The highest BCUT2D eigenvalue weighted by molar-refractivity contribution is 6.05. The number of aromatic nitrogens is 2. The fourth-order valence-electron chi connectivity index (χ4n) is 3.13. The van der Waals surface area contributed by atoms with Crippen molar-refractivity contribution < 1.29 is 9.59 Å². The van der Waals surface area contributed by atoms with Crippen LogP contribution in [0, 0.1) is 0 Å². The summed E-state index contributed by atoms with van der Waals surface area (Å²) in [5.74, 6) is -0.538. The van der Waals surface area contributed by atoms with E-state index in [2.05, 4.69) is 15.5 Å². The third-order valence-corrected chi connectivity index (χ3v) is 4.63. The summed E-state index contributed by atoms with van der Waals surface area (Å²) in [5.41, 5.74) is 7.89. The molecule has 1 atom stereocenters. The Morgan fingerprint density at radius 2 is 1.79 bits per heavy atom. The van der Waals surface area contributed by atoms with Crippen LogP contribution < -0.4 is 11.1 Å². The number of nitrogens with two attached hydrogens (primary N) is 1. The number of amides is 2. The molecular formula is C21H26ClN5O2. The number of H-pyrrole nitrogens is 1. The lowest BCUT2D eigenvalue weighted by Gasteiger charge is -2.25. The van der Waals surface area contributed by atoms with Crippen molar-refractivity contribution in [2.45, 2.75) is 19.4 Å². The standard InChI is InChI=1S/C21H25N5O2.ClH/c1-15(23-20(27)19-17-9-5-6-10-18(17)24-25-19)21(28)26(14-12-22)13-11-16-7-3-2-4-8-16;/h2-10,15H,11-14,22H2,1H3,(H,23,27)(H,24,25);1H. The van der Waals surface area contributed by atoms with Gasteiger partial charge in [-0.3, -0.25) is 14.7 Å². The van der Waals surface area contributed by atoms with E-state index in [1.807, 2.05) is 54.6 Å². The van der Waals surface area contributed by atoms with E-state index in [-0.39, 0.29) is 29.9 Å². The fourth-order valence-corrected chi connectivity index (χ4v) is 3.13. The van der Waals surface area contributed by atoms with Crippen molar-refractivity contribution in [3.63, 3.8) is 0 Å². The van der Waals surface area contributed by atoms with Crippen LogP contribution in [-0.2, 0) is 11.2 Å². The summed E-state index contributed by atoms with van der Waals surface area (Å²) in [4.78, 5) is 27.2. The number of carbonyl (C=O) groups is 2. The molecule has 8 heteroatoms. The quantitative estimate of drug-likeness (QED) is 0.524. The number of fused-ring (bicyclic) bond motifs is 1. The Morgan fingerprint density at radius 1 is 1.10 bits per heavy atom. The minimum atomic E-state index is -0.676. The van der Waals surface area contributed by atoms with Gasteiger partial charge in [-0.1, -0.05) is 48.5 Å². The summed E-state index contributed by atoms with van der Waals surface area (Å²) in [6.07, 6.45) is 0.733. The lowest BCUT2D eigenvalue weighted by molar-refractivity contribution is -0.132. The maximum Gasteiger partial charge on any atom is 0.273 e. The highest BCUT2D eigenvalue weighted by atomic mass is 35.5. The molecule has 1 aromatic heterocycles. The van der Waals surface area contributed by atoms with E-state index in [4.69, 9.17) is 5.73 Å². The molecule has 7 nitrogen and oxygen atoms in total. The monoisotopic (exact) mass is 415 g/mol. The van der Waals surface area contributed by atoms with Crippen LogP contribution in [0.3, 0.4) is 0 Å². The Labute approximate surface area is 176 Å². The first-order chi connectivity index (χ1) is 13.6. The second-order valence-electron chi connectivity index (χ2n) is 6.66. The van der Waals surface area contributed by atoms with Crippen molar-refractivity contribution in [2.24, 2.45) is 5.73 Å². The van der Waals surface area contributed by atoms with Crippen LogP contribution in [0.15, 0.2) is 54.6 Å². The van der Waals surface area contributed by atoms with Gasteiger partial charge in [-0.25, -0.2) is 0 Å². The van der Waals surface area contributed by atoms with Crippen molar-refractivity contribution in [1.82, 2.24) is 20.4 Å². The number of benzene rings is 2. The summed E-state index contributed by atoms with van der Waals surface area (Å²) in [6.45, 7) is 3.04. The van der Waals surface area contributed by atoms with E-state index < -0.39 is 6.04 Å². The Kier molecular flexibility index (Phi) is 8.18. The molecule has 0 saturated heterocycles. The van der Waals surface area contributed by atoms with Crippen molar-refractivity contribution in [3.05, 3.63) is 65.9 Å². The molecule has 0 radical (unpaired) electrons. The van der Waals surface area contributed by atoms with Crippen molar-refractivity contribution in [3.8, 4) is 0 Å². The Morgan fingerprint density at radius 3 is 2.52 bits per heavy atom. The number of nitrogens with one attached hydrogen (secondary N) is 2. The number of nitrogens with zero attached hydrogens (tertiary/aromatic N) is 2. The molecule has 0 bridgehead atoms. The van der Waals surface area contributed by atoms with Crippen LogP contribution in [0.5, 0.6) is 0 Å². The molecule has 0 fully saturated rings. The number of halogens is 1.